The number of hydrogen-bond donors (Lipinski definition) is 0. The molecule has 0 aromatic carbocycles. The molecule has 0 bridgehead atoms. The molecule has 0 aromatic rings. The Balaban J connectivity index is 5.34. The third-order valence-electron chi connectivity index (χ3n) is 2.62. The Morgan fingerprint density at radius 2 is 1.40 bits per heavy atom. The molecule has 15 heavy (non-hydrogen) atoms. The standard InChI is InChI=1S/C14H25N/c1-9(2)12(7)14(10(3)4)13(8)15-11(5)6/h9-10H,5H2,1-4,6-8H3/b14-12+,15-13?. The molecule has 0 radical (unpaired) electrons. The van der Waals surface area contributed by atoms with E-state index in [0.29, 0.717) is 11.8 Å². The minimum absolute atomic E-state index is 0.524. The second kappa shape index (κ2) is 5.89. The van der Waals surface area contributed by atoms with Crippen molar-refractivity contribution in [2.45, 2.75) is 48.5 Å². The van der Waals surface area contributed by atoms with Crippen molar-refractivity contribution in [2.24, 2.45) is 16.8 Å². The summed E-state index contributed by atoms with van der Waals surface area (Å²) in [5, 5.41) is 0. The Kier molecular flexibility index (Phi) is 5.56. The van der Waals surface area contributed by atoms with Crippen LogP contribution in [0.5, 0.6) is 0 Å². The molecule has 0 heterocycles. The van der Waals surface area contributed by atoms with Gasteiger partial charge in [0.25, 0.3) is 0 Å². The molecule has 0 aliphatic rings. The fourth-order valence-corrected chi connectivity index (χ4v) is 1.82. The third kappa shape index (κ3) is 4.46. The van der Waals surface area contributed by atoms with Crippen LogP contribution in [0.2, 0.25) is 0 Å². The predicted octanol–water partition coefficient (Wildman–Crippen LogP) is 4.61. The molecule has 0 unspecified atom stereocenters. The zero-order valence-corrected chi connectivity index (χ0v) is 11.3. The maximum Gasteiger partial charge on any atom is 0.0409 e. The maximum absolute atomic E-state index is 4.47. The molecule has 0 aliphatic carbocycles. The van der Waals surface area contributed by atoms with Gasteiger partial charge < -0.3 is 0 Å². The molecule has 0 saturated carbocycles. The molecule has 0 amide bonds. The highest BCUT2D eigenvalue weighted by Gasteiger charge is 2.12. The summed E-state index contributed by atoms with van der Waals surface area (Å²) in [5.41, 5.74) is 4.81. The second-order valence-electron chi connectivity index (χ2n) is 4.84. The van der Waals surface area contributed by atoms with E-state index in [9.17, 15) is 0 Å². The van der Waals surface area contributed by atoms with Gasteiger partial charge in [-0.3, -0.25) is 4.99 Å². The van der Waals surface area contributed by atoms with Gasteiger partial charge in [-0.2, -0.15) is 0 Å². The van der Waals surface area contributed by atoms with Gasteiger partial charge in [-0.05, 0) is 38.2 Å². The lowest BCUT2D eigenvalue weighted by Crippen LogP contribution is -2.10. The molecule has 0 saturated heterocycles. The highest BCUT2D eigenvalue weighted by atomic mass is 14.7. The van der Waals surface area contributed by atoms with Crippen LogP contribution in [0.3, 0.4) is 0 Å². The van der Waals surface area contributed by atoms with Crippen molar-refractivity contribution in [3.05, 3.63) is 23.4 Å². The molecule has 0 aliphatic heterocycles. The topological polar surface area (TPSA) is 12.4 Å². The first-order valence-electron chi connectivity index (χ1n) is 5.69. The fraction of sp³-hybridized carbons (Fsp3) is 0.643. The van der Waals surface area contributed by atoms with Crippen LogP contribution in [0.25, 0.3) is 0 Å². The van der Waals surface area contributed by atoms with Gasteiger partial charge in [0.15, 0.2) is 0 Å². The van der Waals surface area contributed by atoms with Gasteiger partial charge >= 0.3 is 0 Å². The SMILES string of the molecule is C=C(C)N=C(C)/C(=C(\C)C(C)C)C(C)C. The fourth-order valence-electron chi connectivity index (χ4n) is 1.82. The van der Waals surface area contributed by atoms with Crippen molar-refractivity contribution >= 4 is 5.71 Å². The van der Waals surface area contributed by atoms with Gasteiger partial charge in [0, 0.05) is 11.4 Å². The van der Waals surface area contributed by atoms with E-state index in [4.69, 9.17) is 0 Å². The Morgan fingerprint density at radius 1 is 0.933 bits per heavy atom. The first-order chi connectivity index (χ1) is 6.77. The van der Waals surface area contributed by atoms with Gasteiger partial charge in [-0.1, -0.05) is 39.8 Å². The zero-order valence-electron chi connectivity index (χ0n) is 11.3. The van der Waals surface area contributed by atoms with Gasteiger partial charge in [0.2, 0.25) is 0 Å². The average Bonchev–Trinajstić information content (AvgIpc) is 2.01. The molecule has 0 atom stereocenters. The average molecular weight is 207 g/mol. The van der Waals surface area contributed by atoms with Crippen LogP contribution >= 0.6 is 0 Å². The molecule has 0 fully saturated rings. The first kappa shape index (κ1) is 14.2. The molecule has 86 valence electrons. The van der Waals surface area contributed by atoms with Gasteiger partial charge in [0.05, 0.1) is 0 Å². The molecule has 0 N–H and O–H groups in total. The summed E-state index contributed by atoms with van der Waals surface area (Å²) < 4.78 is 0. The summed E-state index contributed by atoms with van der Waals surface area (Å²) >= 11 is 0. The van der Waals surface area contributed by atoms with Crippen molar-refractivity contribution < 1.29 is 0 Å². The number of nitrogens with zero attached hydrogens (tertiary/aromatic N) is 1. The van der Waals surface area contributed by atoms with Crippen molar-refractivity contribution in [3.8, 4) is 0 Å². The van der Waals surface area contributed by atoms with E-state index >= 15 is 0 Å². The maximum atomic E-state index is 4.47. The van der Waals surface area contributed by atoms with Crippen molar-refractivity contribution in [2.75, 3.05) is 0 Å². The first-order valence-corrected chi connectivity index (χ1v) is 5.69. The summed E-state index contributed by atoms with van der Waals surface area (Å²) in [6.07, 6.45) is 0. The van der Waals surface area contributed by atoms with Crippen molar-refractivity contribution in [3.63, 3.8) is 0 Å². The van der Waals surface area contributed by atoms with Crippen LogP contribution in [0.4, 0.5) is 0 Å². The Bertz CT molecular complexity index is 290. The van der Waals surface area contributed by atoms with Crippen molar-refractivity contribution in [1.29, 1.82) is 0 Å². The largest absolute Gasteiger partial charge is 0.259 e. The Labute approximate surface area is 95.0 Å². The summed E-state index contributed by atoms with van der Waals surface area (Å²) in [7, 11) is 0. The smallest absolute Gasteiger partial charge is 0.0409 e. The summed E-state index contributed by atoms with van der Waals surface area (Å²) in [4.78, 5) is 4.47. The Morgan fingerprint density at radius 3 is 1.67 bits per heavy atom. The van der Waals surface area contributed by atoms with E-state index < -0.39 is 0 Å². The third-order valence-corrected chi connectivity index (χ3v) is 2.62. The molecular weight excluding hydrogens is 182 g/mol. The minimum atomic E-state index is 0.524. The highest BCUT2D eigenvalue weighted by Crippen LogP contribution is 2.22. The quantitative estimate of drug-likeness (QED) is 0.597. The molecule has 1 nitrogen and oxygen atoms in total. The second-order valence-corrected chi connectivity index (χ2v) is 4.84. The number of aliphatic imine (C=N–C) groups is 1. The normalized spacial score (nSPS) is 14.6. The lowest BCUT2D eigenvalue weighted by Gasteiger charge is -2.18. The molecule has 0 aromatic heterocycles. The summed E-state index contributed by atoms with van der Waals surface area (Å²) in [6.45, 7) is 19.0. The van der Waals surface area contributed by atoms with Gasteiger partial charge in [0.1, 0.15) is 0 Å². The minimum Gasteiger partial charge on any atom is -0.259 e. The van der Waals surface area contributed by atoms with Crippen LogP contribution in [-0.4, -0.2) is 5.71 Å². The molecular formula is C14H25N. The van der Waals surface area contributed by atoms with E-state index in [0.717, 1.165) is 11.4 Å². The highest BCUT2D eigenvalue weighted by molar-refractivity contribution is 5.99. The number of allylic oxidation sites excluding steroid dienone is 3. The molecule has 1 heteroatoms. The Hall–Kier alpha value is -0.850. The van der Waals surface area contributed by atoms with Crippen LogP contribution < -0.4 is 0 Å². The van der Waals surface area contributed by atoms with E-state index in [1.807, 2.05) is 6.92 Å². The summed E-state index contributed by atoms with van der Waals surface area (Å²) in [5.74, 6) is 1.10. The number of hydrogen-bond acceptors (Lipinski definition) is 1. The van der Waals surface area contributed by atoms with Crippen LogP contribution in [0, 0.1) is 11.8 Å². The summed E-state index contributed by atoms with van der Waals surface area (Å²) in [6, 6.07) is 0. The van der Waals surface area contributed by atoms with Crippen LogP contribution in [-0.2, 0) is 0 Å². The van der Waals surface area contributed by atoms with Gasteiger partial charge in [-0.15, -0.1) is 0 Å². The van der Waals surface area contributed by atoms with E-state index in [2.05, 4.69) is 53.1 Å². The molecule has 0 rings (SSSR count). The molecule has 0 spiro atoms. The number of rotatable bonds is 4. The zero-order chi connectivity index (χ0) is 12.2. The monoisotopic (exact) mass is 207 g/mol. The lowest BCUT2D eigenvalue weighted by molar-refractivity contribution is 0.713. The van der Waals surface area contributed by atoms with Crippen LogP contribution in [0.1, 0.15) is 48.5 Å². The lowest BCUT2D eigenvalue weighted by atomic mass is 9.89. The van der Waals surface area contributed by atoms with Crippen molar-refractivity contribution in [1.82, 2.24) is 0 Å². The van der Waals surface area contributed by atoms with E-state index in [1.165, 1.54) is 11.1 Å². The predicted molar refractivity (Wildman–Crippen MR) is 70.3 cm³/mol. The van der Waals surface area contributed by atoms with Crippen LogP contribution in [0.15, 0.2) is 28.4 Å². The van der Waals surface area contributed by atoms with Gasteiger partial charge in [-0.25, -0.2) is 0 Å². The van der Waals surface area contributed by atoms with E-state index in [-0.39, 0.29) is 0 Å². The van der Waals surface area contributed by atoms with E-state index in [1.54, 1.807) is 0 Å².